The van der Waals surface area contributed by atoms with Crippen molar-refractivity contribution in [3.63, 3.8) is 0 Å². The van der Waals surface area contributed by atoms with E-state index in [1.54, 1.807) is 19.4 Å². The summed E-state index contributed by atoms with van der Waals surface area (Å²) in [5.74, 6) is 0.550. The number of aromatic nitrogens is 1. The first-order valence-electron chi connectivity index (χ1n) is 4.67. The highest BCUT2D eigenvalue weighted by Gasteiger charge is 2.07. The van der Waals surface area contributed by atoms with Gasteiger partial charge in [0, 0.05) is 17.8 Å². The van der Waals surface area contributed by atoms with Crippen LogP contribution in [0, 0.1) is 0 Å². The first kappa shape index (κ1) is 11.2. The van der Waals surface area contributed by atoms with Crippen molar-refractivity contribution in [2.24, 2.45) is 0 Å². The molecule has 1 aromatic heterocycles. The Morgan fingerprint density at radius 2 is 2.00 bits per heavy atom. The van der Waals surface area contributed by atoms with Gasteiger partial charge in [-0.1, -0.05) is 35.3 Å². The lowest BCUT2D eigenvalue weighted by Crippen LogP contribution is -1.88. The van der Waals surface area contributed by atoms with Crippen molar-refractivity contribution < 1.29 is 4.74 Å². The van der Waals surface area contributed by atoms with E-state index >= 15 is 0 Å². The molecule has 0 bridgehead atoms. The molecule has 0 radical (unpaired) electrons. The van der Waals surface area contributed by atoms with Crippen molar-refractivity contribution in [1.29, 1.82) is 0 Å². The van der Waals surface area contributed by atoms with E-state index in [0.29, 0.717) is 15.9 Å². The normalized spacial score (nSPS) is 10.2. The summed E-state index contributed by atoms with van der Waals surface area (Å²) in [4.78, 5) is 4.04. The minimum Gasteiger partial charge on any atom is -0.481 e. The second-order valence-electron chi connectivity index (χ2n) is 3.19. The number of nitrogens with zero attached hydrogens (tertiary/aromatic N) is 1. The molecule has 0 saturated carbocycles. The maximum atomic E-state index is 6.13. The summed E-state index contributed by atoms with van der Waals surface area (Å²) in [6.45, 7) is 0. The van der Waals surface area contributed by atoms with Crippen molar-refractivity contribution in [3.8, 4) is 17.0 Å². The van der Waals surface area contributed by atoms with Crippen LogP contribution in [0.1, 0.15) is 0 Å². The predicted octanol–water partition coefficient (Wildman–Crippen LogP) is 4.06. The molecule has 0 aliphatic heterocycles. The number of benzene rings is 1. The molecule has 0 unspecified atom stereocenters. The Balaban J connectivity index is 2.54. The van der Waals surface area contributed by atoms with Gasteiger partial charge in [-0.15, -0.1) is 0 Å². The molecule has 4 heteroatoms. The second-order valence-corrected chi connectivity index (χ2v) is 3.97. The summed E-state index contributed by atoms with van der Waals surface area (Å²) in [7, 11) is 1.58. The maximum Gasteiger partial charge on any atom is 0.213 e. The number of rotatable bonds is 2. The van der Waals surface area contributed by atoms with E-state index in [4.69, 9.17) is 27.9 Å². The van der Waals surface area contributed by atoms with Crippen LogP contribution in [0.2, 0.25) is 10.0 Å². The molecule has 2 nitrogen and oxygen atoms in total. The Morgan fingerprint density at radius 1 is 1.19 bits per heavy atom. The van der Waals surface area contributed by atoms with Crippen molar-refractivity contribution in [3.05, 3.63) is 46.6 Å². The molecular formula is C12H9Cl2NO. The van der Waals surface area contributed by atoms with Gasteiger partial charge in [0.2, 0.25) is 5.88 Å². The smallest absolute Gasteiger partial charge is 0.213 e. The highest BCUT2D eigenvalue weighted by molar-refractivity contribution is 6.43. The zero-order valence-corrected chi connectivity index (χ0v) is 10.1. The van der Waals surface area contributed by atoms with Crippen LogP contribution in [0.3, 0.4) is 0 Å². The fourth-order valence-corrected chi connectivity index (χ4v) is 1.82. The fraction of sp³-hybridized carbons (Fsp3) is 0.0833. The minimum atomic E-state index is 0.537. The Bertz CT molecular complexity index is 514. The predicted molar refractivity (Wildman–Crippen MR) is 66.2 cm³/mol. The molecule has 1 heterocycles. The number of hydrogen-bond donors (Lipinski definition) is 0. The lowest BCUT2D eigenvalue weighted by Gasteiger charge is -2.06. The van der Waals surface area contributed by atoms with E-state index in [0.717, 1.165) is 11.1 Å². The molecule has 0 aliphatic carbocycles. The quantitative estimate of drug-likeness (QED) is 0.806. The van der Waals surface area contributed by atoms with E-state index in [1.807, 2.05) is 24.3 Å². The molecular weight excluding hydrogens is 245 g/mol. The Hall–Kier alpha value is -1.25. The van der Waals surface area contributed by atoms with Gasteiger partial charge in [-0.05, 0) is 17.7 Å². The van der Waals surface area contributed by atoms with Crippen LogP contribution in [0.25, 0.3) is 11.1 Å². The monoisotopic (exact) mass is 253 g/mol. The summed E-state index contributed by atoms with van der Waals surface area (Å²) in [6.07, 6.45) is 1.67. The third-order valence-corrected chi connectivity index (χ3v) is 3.03. The third kappa shape index (κ3) is 2.13. The summed E-state index contributed by atoms with van der Waals surface area (Å²) in [5, 5.41) is 1.08. The van der Waals surface area contributed by atoms with E-state index < -0.39 is 0 Å². The minimum absolute atomic E-state index is 0.537. The van der Waals surface area contributed by atoms with Crippen LogP contribution in [0.5, 0.6) is 5.88 Å². The van der Waals surface area contributed by atoms with Crippen molar-refractivity contribution >= 4 is 23.2 Å². The average molecular weight is 254 g/mol. The zero-order chi connectivity index (χ0) is 11.5. The molecule has 0 fully saturated rings. The van der Waals surface area contributed by atoms with E-state index in [9.17, 15) is 0 Å². The van der Waals surface area contributed by atoms with E-state index in [-0.39, 0.29) is 0 Å². The van der Waals surface area contributed by atoms with Gasteiger partial charge in [-0.2, -0.15) is 0 Å². The second kappa shape index (κ2) is 4.73. The molecule has 2 rings (SSSR count). The molecule has 0 spiro atoms. The Morgan fingerprint density at radius 3 is 2.75 bits per heavy atom. The van der Waals surface area contributed by atoms with E-state index in [2.05, 4.69) is 4.98 Å². The molecule has 16 heavy (non-hydrogen) atoms. The Kier molecular flexibility index (Phi) is 3.32. The molecule has 2 aromatic rings. The lowest BCUT2D eigenvalue weighted by molar-refractivity contribution is 0.398. The third-order valence-electron chi connectivity index (χ3n) is 2.21. The number of pyridine rings is 1. The number of methoxy groups -OCH3 is 1. The first-order chi connectivity index (χ1) is 7.72. The largest absolute Gasteiger partial charge is 0.481 e. The van der Waals surface area contributed by atoms with Gasteiger partial charge < -0.3 is 4.74 Å². The van der Waals surface area contributed by atoms with Gasteiger partial charge in [0.25, 0.3) is 0 Å². The van der Waals surface area contributed by atoms with Crippen LogP contribution >= 0.6 is 23.2 Å². The molecule has 1 aromatic carbocycles. The van der Waals surface area contributed by atoms with Gasteiger partial charge in [0.05, 0.1) is 17.2 Å². The zero-order valence-electron chi connectivity index (χ0n) is 8.58. The Labute approximate surface area is 104 Å². The van der Waals surface area contributed by atoms with Gasteiger partial charge in [-0.25, -0.2) is 4.98 Å². The summed E-state index contributed by atoms with van der Waals surface area (Å²) in [5.41, 5.74) is 1.80. The van der Waals surface area contributed by atoms with Crippen LogP contribution < -0.4 is 4.74 Å². The number of ether oxygens (including phenoxy) is 1. The van der Waals surface area contributed by atoms with Crippen LogP contribution in [0.15, 0.2) is 36.5 Å². The van der Waals surface area contributed by atoms with Crippen LogP contribution in [-0.2, 0) is 0 Å². The number of halogens is 2. The van der Waals surface area contributed by atoms with Crippen molar-refractivity contribution in [2.45, 2.75) is 0 Å². The molecule has 0 N–H and O–H groups in total. The van der Waals surface area contributed by atoms with Crippen molar-refractivity contribution in [1.82, 2.24) is 4.98 Å². The van der Waals surface area contributed by atoms with Gasteiger partial charge in [0.1, 0.15) is 0 Å². The van der Waals surface area contributed by atoms with E-state index in [1.165, 1.54) is 0 Å². The SMILES string of the molecule is COc1cc(-c2cccc(Cl)c2Cl)ccn1. The molecule has 0 atom stereocenters. The first-order valence-corrected chi connectivity index (χ1v) is 5.42. The average Bonchev–Trinajstić information content (AvgIpc) is 2.33. The van der Waals surface area contributed by atoms with Crippen LogP contribution in [0.4, 0.5) is 0 Å². The highest BCUT2D eigenvalue weighted by atomic mass is 35.5. The molecule has 0 amide bonds. The van der Waals surface area contributed by atoms with Gasteiger partial charge >= 0.3 is 0 Å². The molecule has 82 valence electrons. The van der Waals surface area contributed by atoms with Crippen molar-refractivity contribution in [2.75, 3.05) is 7.11 Å². The maximum absolute atomic E-state index is 6.13. The molecule has 0 saturated heterocycles. The lowest BCUT2D eigenvalue weighted by atomic mass is 10.1. The van der Waals surface area contributed by atoms with Gasteiger partial charge in [0.15, 0.2) is 0 Å². The number of hydrogen-bond acceptors (Lipinski definition) is 2. The van der Waals surface area contributed by atoms with Gasteiger partial charge in [-0.3, -0.25) is 0 Å². The highest BCUT2D eigenvalue weighted by Crippen LogP contribution is 2.33. The fourth-order valence-electron chi connectivity index (χ4n) is 1.42. The van der Waals surface area contributed by atoms with Crippen LogP contribution in [-0.4, -0.2) is 12.1 Å². The standard InChI is InChI=1S/C12H9Cl2NO/c1-16-11-7-8(5-6-15-11)9-3-2-4-10(13)12(9)14/h2-7H,1H3. The molecule has 0 aliphatic rings. The summed E-state index contributed by atoms with van der Waals surface area (Å²) >= 11 is 12.1. The summed E-state index contributed by atoms with van der Waals surface area (Å²) < 4.78 is 5.06. The topological polar surface area (TPSA) is 22.1 Å². The summed E-state index contributed by atoms with van der Waals surface area (Å²) in [6, 6.07) is 9.20.